The largest absolute Gasteiger partial charge is 0.298 e. The minimum absolute atomic E-state index is 0.00608. The van der Waals surface area contributed by atoms with Gasteiger partial charge in [-0.05, 0) is 46.9 Å². The number of hydrogen-bond acceptors (Lipinski definition) is 5. The van der Waals surface area contributed by atoms with Crippen LogP contribution in [-0.2, 0) is 4.79 Å². The van der Waals surface area contributed by atoms with Crippen LogP contribution in [0.25, 0.3) is 5.69 Å². The van der Waals surface area contributed by atoms with Gasteiger partial charge in [0.1, 0.15) is 5.78 Å². The minimum atomic E-state index is -0.00608. The average Bonchev–Trinajstić information content (AvgIpc) is 2.98. The number of ketones is 1. The summed E-state index contributed by atoms with van der Waals surface area (Å²) in [5.74, 6) is 0.817. The maximum Gasteiger partial charge on any atom is 0.214 e. The summed E-state index contributed by atoms with van der Waals surface area (Å²) in [7, 11) is 0. The molecule has 5 nitrogen and oxygen atoms in total. The fourth-order valence-corrected chi connectivity index (χ4v) is 3.73. The van der Waals surface area contributed by atoms with Crippen molar-refractivity contribution in [3.05, 3.63) is 29.8 Å². The van der Waals surface area contributed by atoms with Crippen molar-refractivity contribution >= 4 is 17.5 Å². The summed E-state index contributed by atoms with van der Waals surface area (Å²) in [6.45, 7) is 4.34. The first kappa shape index (κ1) is 15.2. The molecule has 0 spiro atoms. The van der Waals surface area contributed by atoms with Crippen molar-refractivity contribution in [2.45, 2.75) is 55.9 Å². The van der Waals surface area contributed by atoms with E-state index in [4.69, 9.17) is 0 Å². The van der Waals surface area contributed by atoms with Crippen LogP contribution in [0.1, 0.15) is 51.0 Å². The van der Waals surface area contributed by atoms with Crippen molar-refractivity contribution in [2.75, 3.05) is 0 Å². The molecular formula is C16H20N4OS. The number of carbonyl (C=O) groups excluding carboxylic acids is 1. The van der Waals surface area contributed by atoms with E-state index in [2.05, 4.69) is 41.5 Å². The molecule has 6 heteroatoms. The molecule has 0 saturated heterocycles. The number of nitrogens with zero attached hydrogens (tertiary/aromatic N) is 4. The summed E-state index contributed by atoms with van der Waals surface area (Å²) >= 11 is 1.49. The van der Waals surface area contributed by atoms with Gasteiger partial charge in [0.25, 0.3) is 0 Å². The summed E-state index contributed by atoms with van der Waals surface area (Å²) in [5.41, 5.74) is 2.22. The number of benzene rings is 1. The van der Waals surface area contributed by atoms with E-state index in [1.54, 1.807) is 4.68 Å². The second-order valence-corrected chi connectivity index (χ2v) is 7.11. The third-order valence-electron chi connectivity index (χ3n) is 3.99. The van der Waals surface area contributed by atoms with E-state index in [0.717, 1.165) is 24.9 Å². The van der Waals surface area contributed by atoms with E-state index in [1.807, 2.05) is 12.1 Å². The molecule has 0 amide bonds. The summed E-state index contributed by atoms with van der Waals surface area (Å²) in [6.07, 6.45) is 3.72. The van der Waals surface area contributed by atoms with Gasteiger partial charge in [0.05, 0.1) is 10.9 Å². The van der Waals surface area contributed by atoms with Crippen molar-refractivity contribution in [2.24, 2.45) is 0 Å². The fourth-order valence-electron chi connectivity index (χ4n) is 2.62. The van der Waals surface area contributed by atoms with Crippen LogP contribution >= 0.6 is 11.8 Å². The zero-order chi connectivity index (χ0) is 15.5. The van der Waals surface area contributed by atoms with Crippen LogP contribution in [0.15, 0.2) is 29.4 Å². The molecule has 1 aromatic heterocycles. The van der Waals surface area contributed by atoms with Crippen LogP contribution in [-0.4, -0.2) is 31.2 Å². The zero-order valence-electron chi connectivity index (χ0n) is 12.9. The van der Waals surface area contributed by atoms with Crippen LogP contribution in [0.2, 0.25) is 0 Å². The Kier molecular flexibility index (Phi) is 4.57. The third kappa shape index (κ3) is 3.21. The van der Waals surface area contributed by atoms with E-state index in [0.29, 0.717) is 23.3 Å². The number of Topliss-reactive ketones (excluding diaryl/α,β-unsaturated/α-hetero) is 1. The van der Waals surface area contributed by atoms with Gasteiger partial charge in [0, 0.05) is 6.42 Å². The number of carbonyl (C=O) groups is 1. The second kappa shape index (κ2) is 6.60. The van der Waals surface area contributed by atoms with Gasteiger partial charge in [0.2, 0.25) is 5.16 Å². The molecule has 0 aliphatic heterocycles. The smallest absolute Gasteiger partial charge is 0.214 e. The Morgan fingerprint density at radius 1 is 1.23 bits per heavy atom. The van der Waals surface area contributed by atoms with Crippen LogP contribution in [0.4, 0.5) is 0 Å². The van der Waals surface area contributed by atoms with Crippen molar-refractivity contribution < 1.29 is 4.79 Å². The Bertz CT molecular complexity index is 650. The molecule has 1 aliphatic rings. The Morgan fingerprint density at radius 3 is 2.68 bits per heavy atom. The second-order valence-electron chi connectivity index (χ2n) is 5.94. The molecule has 1 atom stereocenters. The number of hydrogen-bond donors (Lipinski definition) is 0. The van der Waals surface area contributed by atoms with E-state index >= 15 is 0 Å². The lowest BCUT2D eigenvalue weighted by Gasteiger charge is -2.19. The SMILES string of the molecule is CC(C)c1ccc(-n2nnnc2S[C@H]2CCCCC2=O)cc1. The molecule has 1 aromatic carbocycles. The van der Waals surface area contributed by atoms with Crippen LogP contribution < -0.4 is 0 Å². The van der Waals surface area contributed by atoms with Gasteiger partial charge >= 0.3 is 0 Å². The van der Waals surface area contributed by atoms with Crippen molar-refractivity contribution in [1.29, 1.82) is 0 Å². The molecule has 0 N–H and O–H groups in total. The summed E-state index contributed by atoms with van der Waals surface area (Å²) < 4.78 is 1.72. The minimum Gasteiger partial charge on any atom is -0.298 e. The molecule has 2 aromatic rings. The van der Waals surface area contributed by atoms with Gasteiger partial charge in [-0.3, -0.25) is 4.79 Å². The molecule has 22 heavy (non-hydrogen) atoms. The highest BCUT2D eigenvalue weighted by Gasteiger charge is 2.25. The Morgan fingerprint density at radius 2 is 2.00 bits per heavy atom. The Labute approximate surface area is 134 Å². The number of tetrazole rings is 1. The molecule has 1 heterocycles. The summed E-state index contributed by atoms with van der Waals surface area (Å²) in [4.78, 5) is 12.0. The first-order valence-electron chi connectivity index (χ1n) is 7.73. The molecule has 3 rings (SSSR count). The number of aromatic nitrogens is 4. The molecule has 0 bridgehead atoms. The van der Waals surface area contributed by atoms with Gasteiger partial charge in [-0.15, -0.1) is 5.10 Å². The van der Waals surface area contributed by atoms with Gasteiger partial charge in [-0.1, -0.05) is 44.2 Å². The van der Waals surface area contributed by atoms with Gasteiger partial charge < -0.3 is 0 Å². The number of rotatable bonds is 4. The van der Waals surface area contributed by atoms with Crippen molar-refractivity contribution in [3.63, 3.8) is 0 Å². The lowest BCUT2D eigenvalue weighted by atomic mass is 9.99. The maximum absolute atomic E-state index is 12.0. The summed E-state index contributed by atoms with van der Waals surface area (Å²) in [5, 5.41) is 12.6. The molecule has 0 unspecified atom stereocenters. The molecule has 0 radical (unpaired) electrons. The van der Waals surface area contributed by atoms with Gasteiger partial charge in [-0.25, -0.2) is 0 Å². The van der Waals surface area contributed by atoms with Crippen LogP contribution in [0.5, 0.6) is 0 Å². The van der Waals surface area contributed by atoms with Crippen molar-refractivity contribution in [3.8, 4) is 5.69 Å². The van der Waals surface area contributed by atoms with Gasteiger partial charge in [0.15, 0.2) is 0 Å². The van der Waals surface area contributed by atoms with E-state index < -0.39 is 0 Å². The molecule has 1 fully saturated rings. The quantitative estimate of drug-likeness (QED) is 0.865. The van der Waals surface area contributed by atoms with E-state index in [-0.39, 0.29) is 5.25 Å². The molecule has 1 saturated carbocycles. The average molecular weight is 316 g/mol. The highest BCUT2D eigenvalue weighted by atomic mass is 32.2. The predicted molar refractivity (Wildman–Crippen MR) is 86.4 cm³/mol. The van der Waals surface area contributed by atoms with E-state index in [1.165, 1.54) is 17.3 Å². The fraction of sp³-hybridized carbons (Fsp3) is 0.500. The van der Waals surface area contributed by atoms with Crippen LogP contribution in [0.3, 0.4) is 0 Å². The standard InChI is InChI=1S/C16H20N4OS/c1-11(2)12-7-9-13(10-8-12)20-16(17-18-19-20)22-15-6-4-3-5-14(15)21/h7-11,15H,3-6H2,1-2H3/t15-/m0/s1. The zero-order valence-corrected chi connectivity index (χ0v) is 13.7. The first-order valence-corrected chi connectivity index (χ1v) is 8.61. The van der Waals surface area contributed by atoms with Gasteiger partial charge in [-0.2, -0.15) is 4.68 Å². The highest BCUT2D eigenvalue weighted by molar-refractivity contribution is 8.00. The monoisotopic (exact) mass is 316 g/mol. The lowest BCUT2D eigenvalue weighted by Crippen LogP contribution is -2.21. The number of thioether (sulfide) groups is 1. The normalized spacial score (nSPS) is 18.9. The Hall–Kier alpha value is -1.69. The highest BCUT2D eigenvalue weighted by Crippen LogP contribution is 2.31. The molecule has 116 valence electrons. The molecular weight excluding hydrogens is 296 g/mol. The lowest BCUT2D eigenvalue weighted by molar-refractivity contribution is -0.119. The third-order valence-corrected chi connectivity index (χ3v) is 5.24. The Balaban J connectivity index is 1.80. The van der Waals surface area contributed by atoms with Crippen molar-refractivity contribution in [1.82, 2.24) is 20.2 Å². The maximum atomic E-state index is 12.0. The predicted octanol–water partition coefficient (Wildman–Crippen LogP) is 3.39. The summed E-state index contributed by atoms with van der Waals surface area (Å²) in [6, 6.07) is 8.25. The van der Waals surface area contributed by atoms with E-state index in [9.17, 15) is 4.79 Å². The topological polar surface area (TPSA) is 60.7 Å². The van der Waals surface area contributed by atoms with Crippen LogP contribution in [0, 0.1) is 0 Å². The first-order chi connectivity index (χ1) is 10.6. The molecule has 1 aliphatic carbocycles.